The van der Waals surface area contributed by atoms with Gasteiger partial charge in [-0.3, -0.25) is 15.5 Å². The summed E-state index contributed by atoms with van der Waals surface area (Å²) in [5, 5.41) is 9.86. The molecule has 0 saturated carbocycles. The van der Waals surface area contributed by atoms with Gasteiger partial charge in [-0.1, -0.05) is 6.07 Å². The van der Waals surface area contributed by atoms with Gasteiger partial charge in [0.15, 0.2) is 5.72 Å². The van der Waals surface area contributed by atoms with Crippen LogP contribution in [0.2, 0.25) is 0 Å². The molecule has 0 aliphatic heterocycles. The Morgan fingerprint density at radius 3 is 2.79 bits per heavy atom. The van der Waals surface area contributed by atoms with Crippen molar-refractivity contribution in [1.29, 1.82) is 0 Å². The third-order valence-corrected chi connectivity index (χ3v) is 2.21. The summed E-state index contributed by atoms with van der Waals surface area (Å²) >= 11 is 0. The molecule has 14 heavy (non-hydrogen) atoms. The van der Waals surface area contributed by atoms with Crippen molar-refractivity contribution in [2.45, 2.75) is 12.6 Å². The molecule has 1 aromatic rings. The summed E-state index contributed by atoms with van der Waals surface area (Å²) < 4.78 is 0. The van der Waals surface area contributed by atoms with E-state index in [1.54, 1.807) is 18.3 Å². The third-order valence-electron chi connectivity index (χ3n) is 2.21. The molecule has 0 aliphatic carbocycles. The van der Waals surface area contributed by atoms with Crippen molar-refractivity contribution in [3.05, 3.63) is 30.1 Å². The molecular formula is C9H13N3O2. The van der Waals surface area contributed by atoms with Gasteiger partial charge in [-0.2, -0.15) is 0 Å². The van der Waals surface area contributed by atoms with Crippen LogP contribution in [-0.2, 0) is 10.5 Å². The topological polar surface area (TPSA) is 102 Å². The monoisotopic (exact) mass is 195 g/mol. The Balaban J connectivity index is 3.02. The smallest absolute Gasteiger partial charge is 0.224 e. The summed E-state index contributed by atoms with van der Waals surface area (Å²) in [6, 6.07) is 3.22. The number of amides is 1. The average molecular weight is 195 g/mol. The highest BCUT2D eigenvalue weighted by molar-refractivity contribution is 5.77. The van der Waals surface area contributed by atoms with E-state index in [4.69, 9.17) is 11.5 Å². The van der Waals surface area contributed by atoms with Crippen LogP contribution in [0, 0.1) is 5.92 Å². The van der Waals surface area contributed by atoms with Crippen molar-refractivity contribution in [2.75, 3.05) is 0 Å². The summed E-state index contributed by atoms with van der Waals surface area (Å²) in [6.07, 6.45) is 2.95. The first kappa shape index (κ1) is 10.6. The lowest BCUT2D eigenvalue weighted by Crippen LogP contribution is -2.48. The Bertz CT molecular complexity index is 324. The number of hydrogen-bond acceptors (Lipinski definition) is 4. The SMILES string of the molecule is CC(C(N)=O)C(N)(O)c1cccnc1. The molecule has 0 spiro atoms. The maximum atomic E-state index is 10.9. The molecule has 2 unspecified atom stereocenters. The van der Waals surface area contributed by atoms with Crippen molar-refractivity contribution >= 4 is 5.91 Å². The van der Waals surface area contributed by atoms with E-state index in [0.29, 0.717) is 5.56 Å². The Hall–Kier alpha value is -1.46. The molecule has 5 heteroatoms. The summed E-state index contributed by atoms with van der Waals surface area (Å²) in [4.78, 5) is 14.7. The molecule has 1 heterocycles. The van der Waals surface area contributed by atoms with E-state index in [0.717, 1.165) is 0 Å². The molecule has 5 nitrogen and oxygen atoms in total. The number of hydrogen-bond donors (Lipinski definition) is 3. The summed E-state index contributed by atoms with van der Waals surface area (Å²) in [5.41, 5.74) is 9.26. The first-order valence-corrected chi connectivity index (χ1v) is 4.17. The van der Waals surface area contributed by atoms with Gasteiger partial charge in [0, 0.05) is 18.0 Å². The molecule has 1 rings (SSSR count). The number of aliphatic hydroxyl groups is 1. The van der Waals surface area contributed by atoms with Crippen LogP contribution >= 0.6 is 0 Å². The summed E-state index contributed by atoms with van der Waals surface area (Å²) in [6.45, 7) is 1.47. The average Bonchev–Trinajstić information content (AvgIpc) is 2.18. The van der Waals surface area contributed by atoms with Crippen LogP contribution < -0.4 is 11.5 Å². The number of carbonyl (C=O) groups excluding carboxylic acids is 1. The zero-order valence-corrected chi connectivity index (χ0v) is 7.84. The number of aromatic nitrogens is 1. The summed E-state index contributed by atoms with van der Waals surface area (Å²) in [5.74, 6) is -1.52. The summed E-state index contributed by atoms with van der Waals surface area (Å²) in [7, 11) is 0. The van der Waals surface area contributed by atoms with Crippen molar-refractivity contribution < 1.29 is 9.90 Å². The highest BCUT2D eigenvalue weighted by Gasteiger charge is 2.35. The van der Waals surface area contributed by atoms with E-state index in [-0.39, 0.29) is 0 Å². The van der Waals surface area contributed by atoms with Gasteiger partial charge in [0.05, 0.1) is 5.92 Å². The van der Waals surface area contributed by atoms with Gasteiger partial charge in [0.25, 0.3) is 0 Å². The maximum Gasteiger partial charge on any atom is 0.224 e. The Morgan fingerprint density at radius 2 is 2.36 bits per heavy atom. The fourth-order valence-corrected chi connectivity index (χ4v) is 1.07. The van der Waals surface area contributed by atoms with E-state index in [1.807, 2.05) is 0 Å². The third kappa shape index (κ3) is 1.89. The second-order valence-electron chi connectivity index (χ2n) is 3.19. The molecule has 1 aromatic heterocycles. The second kappa shape index (κ2) is 3.73. The maximum absolute atomic E-state index is 10.9. The van der Waals surface area contributed by atoms with Crippen LogP contribution in [0.5, 0.6) is 0 Å². The van der Waals surface area contributed by atoms with Crippen LogP contribution in [0.3, 0.4) is 0 Å². The van der Waals surface area contributed by atoms with Crippen LogP contribution in [0.15, 0.2) is 24.5 Å². The van der Waals surface area contributed by atoms with Gasteiger partial charge in [0.1, 0.15) is 0 Å². The first-order chi connectivity index (χ1) is 6.46. The van der Waals surface area contributed by atoms with E-state index in [2.05, 4.69) is 4.98 Å². The quantitative estimate of drug-likeness (QED) is 0.555. The number of nitrogens with zero attached hydrogens (tertiary/aromatic N) is 1. The number of pyridine rings is 1. The molecular weight excluding hydrogens is 182 g/mol. The van der Waals surface area contributed by atoms with Crippen molar-refractivity contribution in [2.24, 2.45) is 17.4 Å². The van der Waals surface area contributed by atoms with E-state index in [9.17, 15) is 9.90 Å². The Morgan fingerprint density at radius 1 is 1.71 bits per heavy atom. The number of nitrogens with two attached hydrogens (primary N) is 2. The Labute approximate surface area is 81.7 Å². The predicted molar refractivity (Wildman–Crippen MR) is 50.7 cm³/mol. The minimum Gasteiger partial charge on any atom is -0.371 e. The highest BCUT2D eigenvalue weighted by Crippen LogP contribution is 2.22. The fourth-order valence-electron chi connectivity index (χ4n) is 1.07. The lowest BCUT2D eigenvalue weighted by atomic mass is 9.91. The van der Waals surface area contributed by atoms with Gasteiger partial charge < -0.3 is 10.8 Å². The zero-order valence-electron chi connectivity index (χ0n) is 7.84. The number of rotatable bonds is 3. The van der Waals surface area contributed by atoms with Gasteiger partial charge in [-0.25, -0.2) is 0 Å². The number of primary amides is 1. The van der Waals surface area contributed by atoms with Gasteiger partial charge in [-0.05, 0) is 13.0 Å². The molecule has 1 amide bonds. The minimum atomic E-state index is -1.76. The molecule has 2 atom stereocenters. The first-order valence-electron chi connectivity index (χ1n) is 4.17. The van der Waals surface area contributed by atoms with E-state index >= 15 is 0 Å². The van der Waals surface area contributed by atoms with Crippen molar-refractivity contribution in [3.8, 4) is 0 Å². The predicted octanol–water partition coefficient (Wildman–Crippen LogP) is -0.693. The lowest BCUT2D eigenvalue weighted by molar-refractivity contribution is -0.130. The van der Waals surface area contributed by atoms with Gasteiger partial charge >= 0.3 is 0 Å². The van der Waals surface area contributed by atoms with Crippen LogP contribution in [-0.4, -0.2) is 16.0 Å². The molecule has 0 bridgehead atoms. The molecule has 0 aromatic carbocycles. The van der Waals surface area contributed by atoms with Crippen molar-refractivity contribution in [1.82, 2.24) is 4.98 Å². The zero-order chi connectivity index (χ0) is 10.8. The molecule has 76 valence electrons. The molecule has 0 aliphatic rings. The number of carbonyl (C=O) groups is 1. The largest absolute Gasteiger partial charge is 0.371 e. The lowest BCUT2D eigenvalue weighted by Gasteiger charge is -2.27. The fraction of sp³-hybridized carbons (Fsp3) is 0.333. The second-order valence-corrected chi connectivity index (χ2v) is 3.19. The van der Waals surface area contributed by atoms with Crippen LogP contribution in [0.1, 0.15) is 12.5 Å². The highest BCUT2D eigenvalue weighted by atomic mass is 16.3. The normalized spacial score (nSPS) is 17.1. The van der Waals surface area contributed by atoms with E-state index in [1.165, 1.54) is 13.1 Å². The van der Waals surface area contributed by atoms with Crippen molar-refractivity contribution in [3.63, 3.8) is 0 Å². The molecule has 5 N–H and O–H groups in total. The molecule has 0 saturated heterocycles. The van der Waals surface area contributed by atoms with Crippen LogP contribution in [0.25, 0.3) is 0 Å². The Kier molecular flexibility index (Phi) is 2.83. The molecule has 0 radical (unpaired) electrons. The minimum absolute atomic E-state index is 0.367. The standard InChI is InChI=1S/C9H13N3O2/c1-6(8(10)13)9(11,14)7-3-2-4-12-5-7/h2-6,14H,11H2,1H3,(H2,10,13). The van der Waals surface area contributed by atoms with E-state index < -0.39 is 17.6 Å². The van der Waals surface area contributed by atoms with Gasteiger partial charge in [-0.15, -0.1) is 0 Å². The molecule has 0 fully saturated rings. The van der Waals surface area contributed by atoms with Gasteiger partial charge in [0.2, 0.25) is 5.91 Å². The van der Waals surface area contributed by atoms with Crippen LogP contribution in [0.4, 0.5) is 0 Å².